The minimum Gasteiger partial charge on any atom is -0.496 e. The summed E-state index contributed by atoms with van der Waals surface area (Å²) in [5.41, 5.74) is 3.11. The van der Waals surface area contributed by atoms with E-state index in [1.807, 2.05) is 36.4 Å². The molecule has 5 heteroatoms. The Morgan fingerprint density at radius 3 is 2.56 bits per heavy atom. The van der Waals surface area contributed by atoms with Gasteiger partial charge in [-0.2, -0.15) is 0 Å². The predicted octanol–water partition coefficient (Wildman–Crippen LogP) is 3.49. The Labute approximate surface area is 148 Å². The highest BCUT2D eigenvalue weighted by molar-refractivity contribution is 5.79. The highest BCUT2D eigenvalue weighted by Gasteiger charge is 2.05. The van der Waals surface area contributed by atoms with Gasteiger partial charge >= 0.3 is 0 Å². The van der Waals surface area contributed by atoms with Crippen LogP contribution in [0.4, 0.5) is 0 Å². The smallest absolute Gasteiger partial charge is 0.261 e. The molecule has 25 heavy (non-hydrogen) atoms. The van der Waals surface area contributed by atoms with Crippen LogP contribution < -0.4 is 10.1 Å². The van der Waals surface area contributed by atoms with Crippen molar-refractivity contribution in [2.75, 3.05) is 13.7 Å². The summed E-state index contributed by atoms with van der Waals surface area (Å²) in [6.07, 6.45) is 1.59. The number of rotatable bonds is 8. The Hall–Kier alpha value is -2.82. The Kier molecular flexibility index (Phi) is 7.01. The molecule has 0 aromatic heterocycles. The van der Waals surface area contributed by atoms with Gasteiger partial charge in [0.05, 0.1) is 13.3 Å². The quantitative estimate of drug-likeness (QED) is 0.591. The number of carbonyl (C=O) groups excluding carboxylic acids is 1. The van der Waals surface area contributed by atoms with Gasteiger partial charge in [-0.3, -0.25) is 4.79 Å². The van der Waals surface area contributed by atoms with Crippen LogP contribution in [0.15, 0.2) is 53.7 Å². The van der Waals surface area contributed by atoms with Gasteiger partial charge in [0.1, 0.15) is 5.75 Å². The second-order valence-corrected chi connectivity index (χ2v) is 5.92. The summed E-state index contributed by atoms with van der Waals surface area (Å²) in [6.45, 7) is 4.55. The standard InChI is InChI=1S/C20H24N2O3/c1-15(2)17-10-8-16(9-11-17)12-22-25-14-20(23)21-13-18-6-4-5-7-19(18)24-3/h4-12,15H,13-14H2,1-3H3,(H,21,23)/b22-12-. The van der Waals surface area contributed by atoms with Crippen molar-refractivity contribution >= 4 is 12.1 Å². The summed E-state index contributed by atoms with van der Waals surface area (Å²) in [5.74, 6) is 0.999. The molecule has 2 aromatic rings. The van der Waals surface area contributed by atoms with Gasteiger partial charge < -0.3 is 14.9 Å². The van der Waals surface area contributed by atoms with Gasteiger partial charge in [0.15, 0.2) is 6.61 Å². The molecule has 2 rings (SSSR count). The van der Waals surface area contributed by atoms with E-state index < -0.39 is 0 Å². The Morgan fingerprint density at radius 1 is 1.16 bits per heavy atom. The van der Waals surface area contributed by atoms with Gasteiger partial charge in [-0.25, -0.2) is 0 Å². The third-order valence-electron chi connectivity index (χ3n) is 3.74. The zero-order valence-corrected chi connectivity index (χ0v) is 14.9. The van der Waals surface area contributed by atoms with Crippen LogP contribution in [0, 0.1) is 0 Å². The molecule has 0 unspecified atom stereocenters. The van der Waals surface area contributed by atoms with Crippen LogP contribution in [0.1, 0.15) is 36.5 Å². The second-order valence-electron chi connectivity index (χ2n) is 5.92. The number of nitrogens with one attached hydrogen (secondary N) is 1. The molecule has 0 atom stereocenters. The highest BCUT2D eigenvalue weighted by atomic mass is 16.6. The maximum absolute atomic E-state index is 11.8. The van der Waals surface area contributed by atoms with Crippen molar-refractivity contribution in [1.29, 1.82) is 0 Å². The van der Waals surface area contributed by atoms with E-state index in [9.17, 15) is 4.79 Å². The largest absolute Gasteiger partial charge is 0.496 e. The number of carbonyl (C=O) groups is 1. The summed E-state index contributed by atoms with van der Waals surface area (Å²) in [5, 5.41) is 6.61. The third kappa shape index (κ3) is 5.95. The van der Waals surface area contributed by atoms with Crippen molar-refractivity contribution in [2.24, 2.45) is 5.16 Å². The SMILES string of the molecule is COc1ccccc1CNC(=O)CO/N=C\c1ccc(C(C)C)cc1. The molecular formula is C20H24N2O3. The van der Waals surface area contributed by atoms with Crippen molar-refractivity contribution in [3.05, 3.63) is 65.2 Å². The lowest BCUT2D eigenvalue weighted by molar-refractivity contribution is -0.125. The molecule has 5 nitrogen and oxygen atoms in total. The van der Waals surface area contributed by atoms with Gasteiger partial charge in [-0.15, -0.1) is 0 Å². The third-order valence-corrected chi connectivity index (χ3v) is 3.74. The van der Waals surface area contributed by atoms with E-state index in [2.05, 4.69) is 36.5 Å². The minimum absolute atomic E-state index is 0.129. The first-order valence-electron chi connectivity index (χ1n) is 8.24. The predicted molar refractivity (Wildman–Crippen MR) is 98.9 cm³/mol. The summed E-state index contributed by atoms with van der Waals surface area (Å²) >= 11 is 0. The number of oxime groups is 1. The lowest BCUT2D eigenvalue weighted by atomic mass is 10.0. The lowest BCUT2D eigenvalue weighted by Gasteiger charge is -2.09. The molecule has 0 aliphatic carbocycles. The van der Waals surface area contributed by atoms with Gasteiger partial charge in [-0.05, 0) is 23.1 Å². The number of para-hydroxylation sites is 1. The van der Waals surface area contributed by atoms with Crippen LogP contribution in [0.3, 0.4) is 0 Å². The number of hydrogen-bond acceptors (Lipinski definition) is 4. The fourth-order valence-corrected chi connectivity index (χ4v) is 2.25. The van der Waals surface area contributed by atoms with Crippen LogP contribution in [0.2, 0.25) is 0 Å². The van der Waals surface area contributed by atoms with E-state index in [-0.39, 0.29) is 12.5 Å². The van der Waals surface area contributed by atoms with Crippen LogP contribution in [0.5, 0.6) is 5.75 Å². The average Bonchev–Trinajstić information content (AvgIpc) is 2.64. The first kappa shape index (κ1) is 18.5. The van der Waals surface area contributed by atoms with Crippen LogP contribution >= 0.6 is 0 Å². The molecule has 0 saturated heterocycles. The molecular weight excluding hydrogens is 316 g/mol. The molecule has 1 amide bonds. The summed E-state index contributed by atoms with van der Waals surface area (Å²) in [6, 6.07) is 15.6. The number of nitrogens with zero attached hydrogens (tertiary/aromatic N) is 1. The molecule has 0 aliphatic rings. The summed E-state index contributed by atoms with van der Waals surface area (Å²) < 4.78 is 5.24. The number of amides is 1. The van der Waals surface area contributed by atoms with E-state index in [0.717, 1.165) is 16.9 Å². The number of benzene rings is 2. The maximum atomic E-state index is 11.8. The molecule has 0 radical (unpaired) electrons. The van der Waals surface area contributed by atoms with Crippen molar-refractivity contribution in [2.45, 2.75) is 26.3 Å². The lowest BCUT2D eigenvalue weighted by Crippen LogP contribution is -2.26. The molecule has 0 heterocycles. The Balaban J connectivity index is 1.74. The van der Waals surface area contributed by atoms with Gasteiger partial charge in [0.25, 0.3) is 5.91 Å². The van der Waals surface area contributed by atoms with Gasteiger partial charge in [0, 0.05) is 12.1 Å². The Bertz CT molecular complexity index is 709. The fourth-order valence-electron chi connectivity index (χ4n) is 2.25. The summed E-state index contributed by atoms with van der Waals surface area (Å²) in [4.78, 5) is 16.8. The molecule has 0 fully saturated rings. The molecule has 132 valence electrons. The van der Waals surface area contributed by atoms with Gasteiger partial charge in [-0.1, -0.05) is 61.5 Å². The molecule has 0 spiro atoms. The molecule has 0 aliphatic heterocycles. The van der Waals surface area contributed by atoms with E-state index in [1.54, 1.807) is 13.3 Å². The molecule has 0 saturated carbocycles. The van der Waals surface area contributed by atoms with E-state index in [4.69, 9.17) is 9.57 Å². The summed E-state index contributed by atoms with van der Waals surface area (Å²) in [7, 11) is 1.60. The average molecular weight is 340 g/mol. The fraction of sp³-hybridized carbons (Fsp3) is 0.300. The Morgan fingerprint density at radius 2 is 1.88 bits per heavy atom. The zero-order chi connectivity index (χ0) is 18.1. The van der Waals surface area contributed by atoms with Crippen LogP contribution in [-0.2, 0) is 16.2 Å². The number of hydrogen-bond donors (Lipinski definition) is 1. The van der Waals surface area contributed by atoms with E-state index >= 15 is 0 Å². The number of ether oxygens (including phenoxy) is 1. The maximum Gasteiger partial charge on any atom is 0.261 e. The van der Waals surface area contributed by atoms with E-state index in [0.29, 0.717) is 12.5 Å². The van der Waals surface area contributed by atoms with Crippen LogP contribution in [-0.4, -0.2) is 25.8 Å². The first-order chi connectivity index (χ1) is 12.1. The highest BCUT2D eigenvalue weighted by Crippen LogP contribution is 2.16. The van der Waals surface area contributed by atoms with Crippen molar-refractivity contribution in [3.8, 4) is 5.75 Å². The van der Waals surface area contributed by atoms with Crippen molar-refractivity contribution < 1.29 is 14.4 Å². The second kappa shape index (κ2) is 9.47. The van der Waals surface area contributed by atoms with Crippen LogP contribution in [0.25, 0.3) is 0 Å². The van der Waals surface area contributed by atoms with Gasteiger partial charge in [0.2, 0.25) is 0 Å². The topological polar surface area (TPSA) is 59.9 Å². The zero-order valence-electron chi connectivity index (χ0n) is 14.9. The molecule has 0 bridgehead atoms. The van der Waals surface area contributed by atoms with Crippen molar-refractivity contribution in [3.63, 3.8) is 0 Å². The normalized spacial score (nSPS) is 10.9. The number of methoxy groups -OCH3 is 1. The van der Waals surface area contributed by atoms with Crippen molar-refractivity contribution in [1.82, 2.24) is 5.32 Å². The molecule has 1 N–H and O–H groups in total. The molecule has 2 aromatic carbocycles. The monoisotopic (exact) mass is 340 g/mol. The first-order valence-corrected chi connectivity index (χ1v) is 8.24. The minimum atomic E-state index is -0.238. The van der Waals surface area contributed by atoms with E-state index in [1.165, 1.54) is 5.56 Å².